The zero-order chi connectivity index (χ0) is 23.0. The number of nitrogens with zero attached hydrogens (tertiary/aromatic N) is 2. The van der Waals surface area contributed by atoms with Crippen molar-refractivity contribution in [3.05, 3.63) is 69.8 Å². The van der Waals surface area contributed by atoms with E-state index in [2.05, 4.69) is 78.1 Å². The van der Waals surface area contributed by atoms with Crippen LogP contribution in [-0.2, 0) is 6.42 Å². The molecule has 2 aliphatic heterocycles. The van der Waals surface area contributed by atoms with Crippen molar-refractivity contribution in [1.82, 2.24) is 4.48 Å². The number of benzene rings is 1. The fourth-order valence-corrected chi connectivity index (χ4v) is 7.31. The Morgan fingerprint density at radius 1 is 0.935 bits per heavy atom. The molecule has 31 heavy (non-hydrogen) atoms. The predicted octanol–water partition coefficient (Wildman–Crippen LogP) is 7.39. The molecule has 1 aromatic heterocycles. The summed E-state index contributed by atoms with van der Waals surface area (Å²) in [7, 11) is 0. The van der Waals surface area contributed by atoms with Gasteiger partial charge < -0.3 is 17.6 Å². The van der Waals surface area contributed by atoms with Crippen molar-refractivity contribution in [1.29, 1.82) is 0 Å². The minimum atomic E-state index is -3.97. The van der Waals surface area contributed by atoms with Crippen LogP contribution in [0.25, 0.3) is 5.57 Å². The van der Waals surface area contributed by atoms with Gasteiger partial charge in [0.2, 0.25) is 0 Å². The van der Waals surface area contributed by atoms with Crippen molar-refractivity contribution in [2.45, 2.75) is 61.3 Å². The Hall–Kier alpha value is -0.965. The smallest absolute Gasteiger partial charge is 0.393 e. The second-order valence-corrected chi connectivity index (χ2v) is 10.9. The summed E-state index contributed by atoms with van der Waals surface area (Å²) in [6, 6.07) is 4.30. The largest absolute Gasteiger partial charge is 0.737 e. The molecule has 2 aromatic rings. The van der Waals surface area contributed by atoms with Crippen molar-refractivity contribution in [3.8, 4) is 0 Å². The van der Waals surface area contributed by atoms with E-state index in [1.165, 1.54) is 14.5 Å². The lowest BCUT2D eigenvalue weighted by Crippen LogP contribution is -2.51. The van der Waals surface area contributed by atoms with Crippen LogP contribution in [-0.4, -0.2) is 21.6 Å². The number of halogens is 4. The molecule has 0 saturated carbocycles. The van der Waals surface area contributed by atoms with Crippen LogP contribution in [0, 0.1) is 27.9 Å². The third kappa shape index (κ3) is 3.08. The first-order chi connectivity index (χ1) is 14.5. The lowest BCUT2D eigenvalue weighted by atomic mass is 9.83. The normalized spacial score (nSPS) is 17.6. The highest BCUT2D eigenvalue weighted by atomic mass is 127. The number of allylic oxidation sites excluding steroid dienone is 2. The zero-order valence-electron chi connectivity index (χ0n) is 19.1. The summed E-state index contributed by atoms with van der Waals surface area (Å²) in [4.78, 5) is 0. The third-order valence-electron chi connectivity index (χ3n) is 7.07. The van der Waals surface area contributed by atoms with Crippen LogP contribution in [0.15, 0.2) is 29.0 Å². The Bertz CT molecular complexity index is 1230. The van der Waals surface area contributed by atoms with E-state index >= 15 is 8.63 Å². The Morgan fingerprint density at radius 2 is 1.52 bits per heavy atom. The lowest BCUT2D eigenvalue weighted by molar-refractivity contribution is -0.363. The summed E-state index contributed by atoms with van der Waals surface area (Å²) in [6.07, 6.45) is 1.49. The number of fused-ring (bicyclic) bond motifs is 2. The van der Waals surface area contributed by atoms with Crippen molar-refractivity contribution >= 4 is 63.4 Å². The highest BCUT2D eigenvalue weighted by Crippen LogP contribution is 2.47. The molecule has 0 atom stereocenters. The number of hydrogen-bond donors (Lipinski definition) is 0. The average Bonchev–Trinajstić information content (AvgIpc) is 3.10. The van der Waals surface area contributed by atoms with E-state index in [1.807, 2.05) is 27.7 Å². The van der Waals surface area contributed by atoms with Gasteiger partial charge in [0.15, 0.2) is 5.70 Å². The van der Waals surface area contributed by atoms with Crippen molar-refractivity contribution in [2.75, 3.05) is 0 Å². The van der Waals surface area contributed by atoms with Gasteiger partial charge in [-0.1, -0.05) is 13.8 Å². The minimum absolute atomic E-state index is 0.684. The fourth-order valence-electron chi connectivity index (χ4n) is 5.54. The third-order valence-corrected chi connectivity index (χ3v) is 9.31. The van der Waals surface area contributed by atoms with Crippen molar-refractivity contribution < 1.29 is 13.1 Å². The van der Waals surface area contributed by atoms with Gasteiger partial charge in [0.1, 0.15) is 5.71 Å². The average molecular weight is 646 g/mol. The van der Waals surface area contributed by atoms with Gasteiger partial charge in [-0.05, 0) is 126 Å². The van der Waals surface area contributed by atoms with Crippen LogP contribution in [0.4, 0.5) is 8.63 Å². The molecule has 7 heteroatoms. The highest BCUT2D eigenvalue weighted by Gasteiger charge is 2.56. The maximum absolute atomic E-state index is 16.3. The molecule has 0 unspecified atom stereocenters. The molecule has 0 radical (unpaired) electrons. The molecule has 0 spiro atoms. The van der Waals surface area contributed by atoms with Gasteiger partial charge in [0.05, 0.1) is 5.57 Å². The molecule has 0 fully saturated rings. The topological polar surface area (TPSA) is 7.94 Å². The van der Waals surface area contributed by atoms with Gasteiger partial charge in [-0.2, -0.15) is 0 Å². The quantitative estimate of drug-likeness (QED) is 0.243. The molecule has 0 N–H and O–H groups in total. The Labute approximate surface area is 210 Å². The lowest BCUT2D eigenvalue weighted by Gasteiger charge is -2.34. The van der Waals surface area contributed by atoms with Crippen LogP contribution in [0.1, 0.15) is 67.8 Å². The maximum Gasteiger partial charge on any atom is 0.737 e. The molecule has 4 rings (SSSR count). The van der Waals surface area contributed by atoms with Crippen LogP contribution in [0.3, 0.4) is 0 Å². The number of aromatic nitrogens is 1. The van der Waals surface area contributed by atoms with Crippen molar-refractivity contribution in [3.63, 3.8) is 0 Å². The fraction of sp³-hybridized carbons (Fsp3) is 0.375. The van der Waals surface area contributed by atoms with Gasteiger partial charge in [-0.3, -0.25) is 0 Å². The molecule has 0 amide bonds. The minimum Gasteiger partial charge on any atom is -0.393 e. The summed E-state index contributed by atoms with van der Waals surface area (Å²) in [6.45, 7) is 9.96. The Kier molecular flexibility index (Phi) is 5.85. The first kappa shape index (κ1) is 23.2. The van der Waals surface area contributed by atoms with E-state index in [4.69, 9.17) is 0 Å². The molecular weight excluding hydrogens is 619 g/mol. The maximum atomic E-state index is 16.3. The molecule has 0 bridgehead atoms. The summed E-state index contributed by atoms with van der Waals surface area (Å²) in [5.41, 5.74) is 9.93. The molecule has 2 aliphatic rings. The first-order valence-corrected chi connectivity index (χ1v) is 12.9. The van der Waals surface area contributed by atoms with Gasteiger partial charge >= 0.3 is 6.97 Å². The van der Waals surface area contributed by atoms with Crippen LogP contribution < -0.4 is 0 Å². The van der Waals surface area contributed by atoms with Gasteiger partial charge in [0, 0.05) is 30.9 Å². The predicted molar refractivity (Wildman–Crippen MR) is 143 cm³/mol. The molecule has 2 nitrogen and oxygen atoms in total. The summed E-state index contributed by atoms with van der Waals surface area (Å²) >= 11 is 4.72. The van der Waals surface area contributed by atoms with Crippen LogP contribution in [0.2, 0.25) is 0 Å². The van der Waals surface area contributed by atoms with Gasteiger partial charge in [0.25, 0.3) is 0 Å². The summed E-state index contributed by atoms with van der Waals surface area (Å²) in [5.74, 6) is 0. The highest BCUT2D eigenvalue weighted by molar-refractivity contribution is 14.1. The van der Waals surface area contributed by atoms with Crippen LogP contribution in [0.5, 0.6) is 0 Å². The van der Waals surface area contributed by atoms with E-state index in [1.54, 1.807) is 0 Å². The van der Waals surface area contributed by atoms with E-state index in [0.717, 1.165) is 53.4 Å². The van der Waals surface area contributed by atoms with E-state index in [-0.39, 0.29) is 0 Å². The number of rotatable bonds is 3. The summed E-state index contributed by atoms with van der Waals surface area (Å²) < 4.78 is 37.5. The molecule has 0 saturated heterocycles. The summed E-state index contributed by atoms with van der Waals surface area (Å²) in [5, 5.41) is 0. The standard InChI is InChI=1S/C24H27BF2I2N2/c1-8-18-12(3)23-22(17-10-20(28)14(5)21(29)11-17)24-13(4)19(9-2)16(7)31(24)25(26,27)30(23)15(18)6/h10-11H,8-9H2,1-7H3. The molecule has 164 valence electrons. The van der Waals surface area contributed by atoms with E-state index in [0.29, 0.717) is 22.8 Å². The monoisotopic (exact) mass is 646 g/mol. The second kappa shape index (κ2) is 7.82. The Balaban J connectivity index is 2.25. The molecular formula is C24H27BF2I2N2. The first-order valence-electron chi connectivity index (χ1n) is 10.8. The van der Waals surface area contributed by atoms with Gasteiger partial charge in [-0.25, -0.2) is 0 Å². The Morgan fingerprint density at radius 3 is 2.03 bits per heavy atom. The zero-order valence-corrected chi connectivity index (χ0v) is 23.4. The second-order valence-electron chi connectivity index (χ2n) is 8.55. The SMILES string of the molecule is CCC1=C(C)C2=C(c3cc(I)c(C)c(I)c3)c3c(C)c(CC)c(C)n3[B-](F)(F)[N+]2=C1C. The molecule has 0 aliphatic carbocycles. The van der Waals surface area contributed by atoms with E-state index in [9.17, 15) is 0 Å². The van der Waals surface area contributed by atoms with Crippen molar-refractivity contribution in [2.24, 2.45) is 0 Å². The molecule has 1 aromatic carbocycles. The molecule has 3 heterocycles. The van der Waals surface area contributed by atoms with E-state index < -0.39 is 6.97 Å². The van der Waals surface area contributed by atoms with Crippen LogP contribution >= 0.6 is 45.2 Å². The number of hydrogen-bond acceptors (Lipinski definition) is 0. The van der Waals surface area contributed by atoms with Gasteiger partial charge in [-0.15, -0.1) is 0 Å².